The number of thiophene rings is 1. The Hall–Kier alpha value is -1.41. The number of carbonyl (C=O) groups excluding carboxylic acids is 1. The van der Waals surface area contributed by atoms with Gasteiger partial charge in [-0.3, -0.25) is 9.69 Å². The Balaban J connectivity index is 1.52. The van der Waals surface area contributed by atoms with Crippen LogP contribution in [0.15, 0.2) is 36.4 Å². The van der Waals surface area contributed by atoms with Crippen LogP contribution in [-0.2, 0) is 21.2 Å². The first kappa shape index (κ1) is 21.3. The Morgan fingerprint density at radius 1 is 1.14 bits per heavy atom. The first-order valence-electron chi connectivity index (χ1n) is 9.41. The van der Waals surface area contributed by atoms with Gasteiger partial charge in [0.2, 0.25) is 5.91 Å². The third-order valence-electron chi connectivity index (χ3n) is 4.73. The molecule has 0 N–H and O–H groups in total. The zero-order chi connectivity index (χ0) is 20.1. The summed E-state index contributed by atoms with van der Waals surface area (Å²) in [6.45, 7) is 5.30. The van der Waals surface area contributed by atoms with Crippen molar-refractivity contribution in [1.82, 2.24) is 9.80 Å². The van der Waals surface area contributed by atoms with Crippen molar-refractivity contribution in [2.75, 3.05) is 37.7 Å². The maximum absolute atomic E-state index is 12.3. The van der Waals surface area contributed by atoms with Crippen molar-refractivity contribution in [3.8, 4) is 10.4 Å². The van der Waals surface area contributed by atoms with E-state index in [0.717, 1.165) is 30.2 Å². The van der Waals surface area contributed by atoms with Gasteiger partial charge in [0.25, 0.3) is 0 Å². The molecular formula is C20H25ClN2O3S2. The number of nitrogens with zero attached hydrogens (tertiary/aromatic N) is 2. The summed E-state index contributed by atoms with van der Waals surface area (Å²) in [5.74, 6) is -0.562. The SMILES string of the molecule is CCCS(=O)(=O)CC(=O)N1CCN(Cc2ccc(-c3cccc(Cl)c3)s2)CC1. The number of piperazine rings is 1. The normalized spacial score (nSPS) is 15.7. The molecule has 1 aromatic heterocycles. The second-order valence-corrected chi connectivity index (χ2v) is 10.8. The Labute approximate surface area is 175 Å². The van der Waals surface area contributed by atoms with Gasteiger partial charge in [0.05, 0.1) is 5.75 Å². The van der Waals surface area contributed by atoms with Crippen molar-refractivity contribution in [2.45, 2.75) is 19.9 Å². The number of hydrogen-bond acceptors (Lipinski definition) is 5. The first-order valence-corrected chi connectivity index (χ1v) is 12.4. The van der Waals surface area contributed by atoms with Crippen LogP contribution in [0.5, 0.6) is 0 Å². The van der Waals surface area contributed by atoms with E-state index in [0.29, 0.717) is 19.5 Å². The van der Waals surface area contributed by atoms with Gasteiger partial charge in [0.1, 0.15) is 5.75 Å². The molecule has 1 aliphatic heterocycles. The van der Waals surface area contributed by atoms with Gasteiger partial charge < -0.3 is 4.90 Å². The molecule has 0 atom stereocenters. The molecule has 0 bridgehead atoms. The number of benzene rings is 1. The van der Waals surface area contributed by atoms with E-state index >= 15 is 0 Å². The highest BCUT2D eigenvalue weighted by Crippen LogP contribution is 2.30. The largest absolute Gasteiger partial charge is 0.339 e. The van der Waals surface area contributed by atoms with E-state index in [-0.39, 0.29) is 17.4 Å². The van der Waals surface area contributed by atoms with Crippen LogP contribution < -0.4 is 0 Å². The molecule has 2 heterocycles. The molecule has 0 saturated carbocycles. The van der Waals surface area contributed by atoms with E-state index in [2.05, 4.69) is 23.1 Å². The van der Waals surface area contributed by atoms with Gasteiger partial charge in [0, 0.05) is 47.5 Å². The maximum atomic E-state index is 12.3. The molecule has 3 rings (SSSR count). The van der Waals surface area contributed by atoms with Crippen LogP contribution in [0.1, 0.15) is 18.2 Å². The smallest absolute Gasteiger partial charge is 0.237 e. The van der Waals surface area contributed by atoms with E-state index in [1.165, 1.54) is 9.75 Å². The molecule has 1 fully saturated rings. The van der Waals surface area contributed by atoms with E-state index in [1.807, 2.05) is 25.1 Å². The zero-order valence-corrected chi connectivity index (χ0v) is 18.3. The van der Waals surface area contributed by atoms with Crippen LogP contribution in [0.3, 0.4) is 0 Å². The van der Waals surface area contributed by atoms with E-state index in [9.17, 15) is 13.2 Å². The van der Waals surface area contributed by atoms with Gasteiger partial charge in [-0.1, -0.05) is 30.7 Å². The molecule has 1 amide bonds. The van der Waals surface area contributed by atoms with Crippen LogP contribution in [0, 0.1) is 0 Å². The van der Waals surface area contributed by atoms with Crippen LogP contribution in [0.25, 0.3) is 10.4 Å². The third-order valence-corrected chi connectivity index (χ3v) is 7.80. The van der Waals surface area contributed by atoms with Crippen LogP contribution >= 0.6 is 22.9 Å². The van der Waals surface area contributed by atoms with Gasteiger partial charge in [-0.15, -0.1) is 11.3 Å². The summed E-state index contributed by atoms with van der Waals surface area (Å²) in [6, 6.07) is 12.1. The van der Waals surface area contributed by atoms with Crippen LogP contribution in [-0.4, -0.2) is 61.8 Å². The lowest BCUT2D eigenvalue weighted by Crippen LogP contribution is -2.49. The van der Waals surface area contributed by atoms with Crippen molar-refractivity contribution in [3.63, 3.8) is 0 Å². The van der Waals surface area contributed by atoms with Gasteiger partial charge in [-0.2, -0.15) is 0 Å². The van der Waals surface area contributed by atoms with Gasteiger partial charge in [-0.25, -0.2) is 8.42 Å². The fraction of sp³-hybridized carbons (Fsp3) is 0.450. The molecule has 1 aliphatic rings. The Morgan fingerprint density at radius 3 is 2.57 bits per heavy atom. The highest BCUT2D eigenvalue weighted by molar-refractivity contribution is 7.92. The minimum atomic E-state index is -3.28. The van der Waals surface area contributed by atoms with Gasteiger partial charge >= 0.3 is 0 Å². The predicted octanol–water partition coefficient (Wildman–Crippen LogP) is 3.54. The zero-order valence-electron chi connectivity index (χ0n) is 15.9. The predicted molar refractivity (Wildman–Crippen MR) is 116 cm³/mol. The molecule has 28 heavy (non-hydrogen) atoms. The van der Waals surface area contributed by atoms with Crippen molar-refractivity contribution < 1.29 is 13.2 Å². The summed E-state index contributed by atoms with van der Waals surface area (Å²) in [7, 11) is -3.28. The number of rotatable bonds is 7. The quantitative estimate of drug-likeness (QED) is 0.660. The molecule has 1 aromatic carbocycles. The molecule has 152 valence electrons. The number of sulfone groups is 1. The van der Waals surface area contributed by atoms with Gasteiger partial charge in [-0.05, 0) is 36.2 Å². The monoisotopic (exact) mass is 440 g/mol. The summed E-state index contributed by atoms with van der Waals surface area (Å²) >= 11 is 7.83. The van der Waals surface area contributed by atoms with Crippen molar-refractivity contribution in [2.24, 2.45) is 0 Å². The lowest BCUT2D eigenvalue weighted by molar-refractivity contribution is -0.130. The second kappa shape index (κ2) is 9.39. The Kier molecular flexibility index (Phi) is 7.15. The standard InChI is InChI=1S/C20H25ClN2O3S2/c1-2-12-28(25,26)15-20(24)23-10-8-22(9-11-23)14-18-6-7-19(27-18)16-4-3-5-17(21)13-16/h3-7,13H,2,8-12,14-15H2,1H3. The van der Waals surface area contributed by atoms with Crippen molar-refractivity contribution >= 4 is 38.7 Å². The number of amides is 1. The topological polar surface area (TPSA) is 57.7 Å². The highest BCUT2D eigenvalue weighted by atomic mass is 35.5. The molecule has 0 spiro atoms. The van der Waals surface area contributed by atoms with Crippen molar-refractivity contribution in [1.29, 1.82) is 0 Å². The molecule has 0 radical (unpaired) electrons. The summed E-state index contributed by atoms with van der Waals surface area (Å²) in [4.78, 5) is 18.7. The molecular weight excluding hydrogens is 416 g/mol. The molecule has 0 unspecified atom stereocenters. The molecule has 1 saturated heterocycles. The average Bonchev–Trinajstić information content (AvgIpc) is 3.10. The van der Waals surface area contributed by atoms with Crippen LogP contribution in [0.4, 0.5) is 0 Å². The lowest BCUT2D eigenvalue weighted by atomic mass is 10.2. The summed E-state index contributed by atoms with van der Waals surface area (Å²) < 4.78 is 23.7. The summed E-state index contributed by atoms with van der Waals surface area (Å²) in [5, 5.41) is 0.731. The minimum absolute atomic E-state index is 0.0754. The van der Waals surface area contributed by atoms with Gasteiger partial charge in [0.15, 0.2) is 9.84 Å². The number of carbonyl (C=O) groups is 1. The fourth-order valence-electron chi connectivity index (χ4n) is 3.30. The number of halogens is 1. The summed E-state index contributed by atoms with van der Waals surface area (Å²) in [6.07, 6.45) is 0.543. The average molecular weight is 441 g/mol. The molecule has 2 aromatic rings. The fourth-order valence-corrected chi connectivity index (χ4v) is 5.86. The van der Waals surface area contributed by atoms with Crippen LogP contribution in [0.2, 0.25) is 5.02 Å². The molecule has 5 nitrogen and oxygen atoms in total. The lowest BCUT2D eigenvalue weighted by Gasteiger charge is -2.34. The van der Waals surface area contributed by atoms with Crippen molar-refractivity contribution in [3.05, 3.63) is 46.3 Å². The highest BCUT2D eigenvalue weighted by Gasteiger charge is 2.25. The molecule has 8 heteroatoms. The number of hydrogen-bond donors (Lipinski definition) is 0. The minimum Gasteiger partial charge on any atom is -0.339 e. The van der Waals surface area contributed by atoms with E-state index < -0.39 is 9.84 Å². The maximum Gasteiger partial charge on any atom is 0.237 e. The van der Waals surface area contributed by atoms with E-state index in [4.69, 9.17) is 11.6 Å². The molecule has 0 aliphatic carbocycles. The first-order chi connectivity index (χ1) is 13.4. The summed E-state index contributed by atoms with van der Waals surface area (Å²) in [5.41, 5.74) is 1.12. The Bertz CT molecular complexity index is 919. The third kappa shape index (κ3) is 5.80. The Morgan fingerprint density at radius 2 is 1.89 bits per heavy atom. The van der Waals surface area contributed by atoms with E-state index in [1.54, 1.807) is 16.2 Å². The second-order valence-electron chi connectivity index (χ2n) is 7.03.